The van der Waals surface area contributed by atoms with Crippen LogP contribution in [0.3, 0.4) is 0 Å². The first kappa shape index (κ1) is 19.2. The number of halogens is 1. The summed E-state index contributed by atoms with van der Waals surface area (Å²) in [6, 6.07) is 9.31. The minimum Gasteiger partial charge on any atom is -0.352 e. The van der Waals surface area contributed by atoms with Crippen molar-refractivity contribution in [2.75, 3.05) is 23.4 Å². The molecule has 2 fully saturated rings. The van der Waals surface area contributed by atoms with Crippen molar-refractivity contribution in [2.45, 2.75) is 25.2 Å². The largest absolute Gasteiger partial charge is 0.352 e. The SMILES string of the molecule is O=C(NCC1CCS(=O)(=O)C1)c1cnc(Nc2cccc(Cl)c2)cc1C1CC1. The normalized spacial score (nSPS) is 20.7. The number of benzene rings is 1. The zero-order valence-electron chi connectivity index (χ0n) is 15.3. The molecule has 4 rings (SSSR count). The van der Waals surface area contributed by atoms with Gasteiger partial charge in [-0.05, 0) is 60.9 Å². The summed E-state index contributed by atoms with van der Waals surface area (Å²) in [6.07, 6.45) is 4.32. The lowest BCUT2D eigenvalue weighted by Gasteiger charge is -2.14. The lowest BCUT2D eigenvalue weighted by molar-refractivity contribution is 0.0947. The van der Waals surface area contributed by atoms with E-state index in [0.29, 0.717) is 35.3 Å². The van der Waals surface area contributed by atoms with Gasteiger partial charge in [0, 0.05) is 23.5 Å². The number of rotatable bonds is 6. The van der Waals surface area contributed by atoms with Crippen molar-refractivity contribution in [3.8, 4) is 0 Å². The molecule has 0 bridgehead atoms. The highest BCUT2D eigenvalue weighted by Crippen LogP contribution is 2.42. The summed E-state index contributed by atoms with van der Waals surface area (Å²) in [5.41, 5.74) is 2.39. The Morgan fingerprint density at radius 2 is 2.04 bits per heavy atom. The average molecular weight is 420 g/mol. The molecule has 1 aliphatic carbocycles. The van der Waals surface area contributed by atoms with Gasteiger partial charge in [-0.25, -0.2) is 13.4 Å². The van der Waals surface area contributed by atoms with Crippen molar-refractivity contribution in [2.24, 2.45) is 5.92 Å². The van der Waals surface area contributed by atoms with Crippen LogP contribution >= 0.6 is 11.6 Å². The summed E-state index contributed by atoms with van der Waals surface area (Å²) in [4.78, 5) is 17.1. The van der Waals surface area contributed by atoms with E-state index in [9.17, 15) is 13.2 Å². The molecule has 2 heterocycles. The van der Waals surface area contributed by atoms with Gasteiger partial charge in [0.15, 0.2) is 9.84 Å². The second kappa shape index (κ2) is 7.72. The van der Waals surface area contributed by atoms with E-state index in [0.717, 1.165) is 24.1 Å². The van der Waals surface area contributed by atoms with E-state index in [1.165, 1.54) is 0 Å². The first-order valence-corrected chi connectivity index (χ1v) is 11.6. The Balaban J connectivity index is 1.47. The standard InChI is InChI=1S/C20H22ClN3O3S/c21-15-2-1-3-16(8-15)24-19-9-17(14-4-5-14)18(11-22-19)20(25)23-10-13-6-7-28(26,27)12-13/h1-3,8-9,11,13-14H,4-7,10,12H2,(H,22,24)(H,23,25). The number of nitrogens with one attached hydrogen (secondary N) is 2. The van der Waals surface area contributed by atoms with Gasteiger partial charge in [0.1, 0.15) is 5.82 Å². The number of pyridine rings is 1. The molecular formula is C20H22ClN3O3S. The lowest BCUT2D eigenvalue weighted by atomic mass is 10.0. The van der Waals surface area contributed by atoms with E-state index in [1.54, 1.807) is 12.3 Å². The van der Waals surface area contributed by atoms with E-state index in [4.69, 9.17) is 11.6 Å². The van der Waals surface area contributed by atoms with Crippen LogP contribution in [-0.4, -0.2) is 37.4 Å². The van der Waals surface area contributed by atoms with Crippen LogP contribution in [0.15, 0.2) is 36.5 Å². The number of carbonyl (C=O) groups is 1. The molecule has 0 spiro atoms. The van der Waals surface area contributed by atoms with Crippen molar-refractivity contribution in [3.63, 3.8) is 0 Å². The maximum absolute atomic E-state index is 12.7. The van der Waals surface area contributed by atoms with E-state index >= 15 is 0 Å². The minimum atomic E-state index is -2.94. The third-order valence-electron chi connectivity index (χ3n) is 5.17. The molecule has 6 nitrogen and oxygen atoms in total. The van der Waals surface area contributed by atoms with Crippen molar-refractivity contribution in [1.82, 2.24) is 10.3 Å². The van der Waals surface area contributed by atoms with Gasteiger partial charge in [-0.15, -0.1) is 0 Å². The molecule has 1 unspecified atom stereocenters. The number of amides is 1. The molecule has 1 amide bonds. The third-order valence-corrected chi connectivity index (χ3v) is 7.24. The van der Waals surface area contributed by atoms with Crippen LogP contribution in [0.1, 0.15) is 41.1 Å². The van der Waals surface area contributed by atoms with Gasteiger partial charge in [0.05, 0.1) is 17.1 Å². The fraction of sp³-hybridized carbons (Fsp3) is 0.400. The third kappa shape index (κ3) is 4.64. The smallest absolute Gasteiger partial charge is 0.253 e. The molecule has 1 aromatic carbocycles. The van der Waals surface area contributed by atoms with Crippen molar-refractivity contribution in [1.29, 1.82) is 0 Å². The zero-order valence-corrected chi connectivity index (χ0v) is 16.9. The van der Waals surface area contributed by atoms with Crippen LogP contribution in [0.5, 0.6) is 0 Å². The molecule has 0 radical (unpaired) electrons. The Morgan fingerprint density at radius 1 is 1.21 bits per heavy atom. The highest BCUT2D eigenvalue weighted by atomic mass is 35.5. The highest BCUT2D eigenvalue weighted by molar-refractivity contribution is 7.91. The molecule has 1 aromatic heterocycles. The number of nitrogens with zero attached hydrogens (tertiary/aromatic N) is 1. The van der Waals surface area contributed by atoms with E-state index < -0.39 is 9.84 Å². The fourth-order valence-corrected chi connectivity index (χ4v) is 5.59. The fourth-order valence-electron chi connectivity index (χ4n) is 3.54. The molecule has 28 heavy (non-hydrogen) atoms. The molecule has 148 valence electrons. The van der Waals surface area contributed by atoms with Gasteiger partial charge < -0.3 is 10.6 Å². The van der Waals surface area contributed by atoms with Crippen LogP contribution in [-0.2, 0) is 9.84 Å². The van der Waals surface area contributed by atoms with Gasteiger partial charge in [-0.2, -0.15) is 0 Å². The highest BCUT2D eigenvalue weighted by Gasteiger charge is 2.31. The molecule has 8 heteroatoms. The average Bonchev–Trinajstić information content (AvgIpc) is 3.43. The first-order chi connectivity index (χ1) is 13.4. The van der Waals surface area contributed by atoms with Gasteiger partial charge in [-0.1, -0.05) is 17.7 Å². The van der Waals surface area contributed by atoms with Crippen LogP contribution in [0.25, 0.3) is 0 Å². The Kier molecular flexibility index (Phi) is 5.29. The van der Waals surface area contributed by atoms with E-state index in [-0.39, 0.29) is 23.3 Å². The number of hydrogen-bond acceptors (Lipinski definition) is 5. The second-order valence-corrected chi connectivity index (χ2v) is 10.2. The molecule has 2 aliphatic rings. The second-order valence-electron chi connectivity index (χ2n) is 7.55. The molecular weight excluding hydrogens is 398 g/mol. The molecule has 1 saturated carbocycles. The monoisotopic (exact) mass is 419 g/mol. The minimum absolute atomic E-state index is 0.00458. The Morgan fingerprint density at radius 3 is 2.71 bits per heavy atom. The maximum Gasteiger partial charge on any atom is 0.253 e. The summed E-state index contributed by atoms with van der Waals surface area (Å²) in [5, 5.41) is 6.76. The summed E-state index contributed by atoms with van der Waals surface area (Å²) in [5.74, 6) is 1.22. The summed E-state index contributed by atoms with van der Waals surface area (Å²) >= 11 is 6.02. The van der Waals surface area contributed by atoms with Crippen LogP contribution in [0.2, 0.25) is 5.02 Å². The van der Waals surface area contributed by atoms with E-state index in [2.05, 4.69) is 15.6 Å². The quantitative estimate of drug-likeness (QED) is 0.747. The molecule has 1 atom stereocenters. The Hall–Kier alpha value is -2.12. The van der Waals surface area contributed by atoms with Crippen molar-refractivity contribution >= 4 is 38.9 Å². The summed E-state index contributed by atoms with van der Waals surface area (Å²) < 4.78 is 23.2. The maximum atomic E-state index is 12.7. The lowest BCUT2D eigenvalue weighted by Crippen LogP contribution is -2.30. The molecule has 1 aliphatic heterocycles. The van der Waals surface area contributed by atoms with Crippen molar-refractivity contribution < 1.29 is 13.2 Å². The molecule has 2 aromatic rings. The number of sulfone groups is 1. The van der Waals surface area contributed by atoms with Gasteiger partial charge in [0.25, 0.3) is 5.91 Å². The Bertz CT molecular complexity index is 1010. The van der Waals surface area contributed by atoms with E-state index in [1.807, 2.05) is 24.3 Å². The van der Waals surface area contributed by atoms with Crippen LogP contribution in [0.4, 0.5) is 11.5 Å². The number of anilines is 2. The number of carbonyl (C=O) groups excluding carboxylic acids is 1. The van der Waals surface area contributed by atoms with Crippen LogP contribution in [0, 0.1) is 5.92 Å². The predicted octanol–water partition coefficient (Wildman–Crippen LogP) is 3.52. The van der Waals surface area contributed by atoms with Gasteiger partial charge in [0.2, 0.25) is 0 Å². The Labute approximate surface area is 169 Å². The van der Waals surface area contributed by atoms with Crippen LogP contribution < -0.4 is 10.6 Å². The first-order valence-electron chi connectivity index (χ1n) is 9.41. The summed E-state index contributed by atoms with van der Waals surface area (Å²) in [6.45, 7) is 0.380. The molecule has 1 saturated heterocycles. The summed E-state index contributed by atoms with van der Waals surface area (Å²) in [7, 11) is -2.94. The molecule has 2 N–H and O–H groups in total. The topological polar surface area (TPSA) is 88.2 Å². The van der Waals surface area contributed by atoms with Gasteiger partial charge >= 0.3 is 0 Å². The number of hydrogen-bond donors (Lipinski definition) is 2. The zero-order chi connectivity index (χ0) is 19.7. The van der Waals surface area contributed by atoms with Gasteiger partial charge in [-0.3, -0.25) is 4.79 Å². The van der Waals surface area contributed by atoms with Crippen molar-refractivity contribution in [3.05, 3.63) is 52.7 Å². The number of aromatic nitrogens is 1. The predicted molar refractivity (Wildman–Crippen MR) is 110 cm³/mol.